The second-order valence-corrected chi connectivity index (χ2v) is 2.98. The molecule has 13 heavy (non-hydrogen) atoms. The molecule has 1 heterocycles. The van der Waals surface area contributed by atoms with Crippen LogP contribution in [-0.4, -0.2) is 4.98 Å². The van der Waals surface area contributed by atoms with Gasteiger partial charge in [0.25, 0.3) is 0 Å². The second kappa shape index (κ2) is 2.83. The summed E-state index contributed by atoms with van der Waals surface area (Å²) in [4.78, 5) is 2.90. The summed E-state index contributed by atoms with van der Waals surface area (Å²) in [6.07, 6.45) is 2.59. The molecule has 3 heteroatoms. The Morgan fingerprint density at radius 2 is 1.92 bits per heavy atom. The van der Waals surface area contributed by atoms with E-state index in [2.05, 4.69) is 4.98 Å². The molecule has 0 aliphatic rings. The maximum Gasteiger partial charge on any atom is 0.160 e. The van der Waals surface area contributed by atoms with Crippen LogP contribution in [0.1, 0.15) is 12.5 Å². The molecule has 0 amide bonds. The number of fused-ring (bicyclic) bond motifs is 1. The van der Waals surface area contributed by atoms with Gasteiger partial charge in [-0.05, 0) is 18.1 Å². The van der Waals surface area contributed by atoms with E-state index in [4.69, 9.17) is 0 Å². The van der Waals surface area contributed by atoms with E-state index in [-0.39, 0.29) is 0 Å². The number of aryl methyl sites for hydroxylation is 1. The first-order valence-corrected chi connectivity index (χ1v) is 4.17. The molecule has 2 rings (SSSR count). The van der Waals surface area contributed by atoms with Gasteiger partial charge in [0.2, 0.25) is 0 Å². The zero-order valence-corrected chi connectivity index (χ0v) is 7.20. The first-order valence-electron chi connectivity index (χ1n) is 4.17. The molecule has 0 spiro atoms. The SMILES string of the molecule is CCc1c[nH]c2cc(F)c(F)cc12. The van der Waals surface area contributed by atoms with Crippen molar-refractivity contribution in [3.05, 3.63) is 35.5 Å². The van der Waals surface area contributed by atoms with Crippen LogP contribution in [0.25, 0.3) is 10.9 Å². The van der Waals surface area contributed by atoms with Crippen LogP contribution in [0.4, 0.5) is 8.78 Å². The van der Waals surface area contributed by atoms with Gasteiger partial charge in [0.05, 0.1) is 0 Å². The predicted molar refractivity (Wildman–Crippen MR) is 47.6 cm³/mol. The van der Waals surface area contributed by atoms with Gasteiger partial charge in [0, 0.05) is 23.2 Å². The van der Waals surface area contributed by atoms with Gasteiger partial charge in [-0.15, -0.1) is 0 Å². The Morgan fingerprint density at radius 1 is 1.23 bits per heavy atom. The molecule has 0 radical (unpaired) electrons. The van der Waals surface area contributed by atoms with Crippen LogP contribution in [0.15, 0.2) is 18.3 Å². The van der Waals surface area contributed by atoms with Crippen LogP contribution in [0.5, 0.6) is 0 Å². The van der Waals surface area contributed by atoms with Crippen molar-refractivity contribution in [1.29, 1.82) is 0 Å². The van der Waals surface area contributed by atoms with Crippen molar-refractivity contribution < 1.29 is 8.78 Å². The monoisotopic (exact) mass is 181 g/mol. The van der Waals surface area contributed by atoms with Crippen molar-refractivity contribution in [3.8, 4) is 0 Å². The fraction of sp³-hybridized carbons (Fsp3) is 0.200. The summed E-state index contributed by atoms with van der Waals surface area (Å²) in [6.45, 7) is 1.98. The Bertz CT molecular complexity index is 445. The van der Waals surface area contributed by atoms with E-state index in [0.717, 1.165) is 17.4 Å². The first kappa shape index (κ1) is 8.23. The Morgan fingerprint density at radius 3 is 2.62 bits per heavy atom. The van der Waals surface area contributed by atoms with Crippen molar-refractivity contribution in [2.45, 2.75) is 13.3 Å². The summed E-state index contributed by atoms with van der Waals surface area (Å²) in [6, 6.07) is 2.42. The Labute approximate surface area is 74.4 Å². The lowest BCUT2D eigenvalue weighted by molar-refractivity contribution is 0.511. The van der Waals surface area contributed by atoms with Gasteiger partial charge in [0.1, 0.15) is 0 Å². The van der Waals surface area contributed by atoms with E-state index in [1.165, 1.54) is 12.1 Å². The molecule has 0 aliphatic carbocycles. The zero-order chi connectivity index (χ0) is 9.42. The largest absolute Gasteiger partial charge is 0.361 e. The van der Waals surface area contributed by atoms with Crippen molar-refractivity contribution in [1.82, 2.24) is 4.98 Å². The molecule has 1 aromatic carbocycles. The number of nitrogens with one attached hydrogen (secondary N) is 1. The molecule has 0 fully saturated rings. The maximum atomic E-state index is 12.9. The highest BCUT2D eigenvalue weighted by molar-refractivity contribution is 5.83. The van der Waals surface area contributed by atoms with Crippen LogP contribution in [0, 0.1) is 11.6 Å². The van der Waals surface area contributed by atoms with Gasteiger partial charge in [-0.3, -0.25) is 0 Å². The normalized spacial score (nSPS) is 11.0. The van der Waals surface area contributed by atoms with E-state index in [9.17, 15) is 8.78 Å². The van der Waals surface area contributed by atoms with Gasteiger partial charge in [0.15, 0.2) is 11.6 Å². The minimum absolute atomic E-state index is 0.649. The molecule has 0 atom stereocenters. The molecule has 0 saturated heterocycles. The Hall–Kier alpha value is -1.38. The lowest BCUT2D eigenvalue weighted by Gasteiger charge is -1.95. The summed E-state index contributed by atoms with van der Waals surface area (Å²) < 4.78 is 25.6. The minimum Gasteiger partial charge on any atom is -0.361 e. The molecule has 0 aliphatic heterocycles. The third-order valence-electron chi connectivity index (χ3n) is 2.19. The molecule has 1 aromatic heterocycles. The summed E-state index contributed by atoms with van der Waals surface area (Å²) in [5.74, 6) is -1.60. The second-order valence-electron chi connectivity index (χ2n) is 2.98. The lowest BCUT2D eigenvalue weighted by Crippen LogP contribution is -1.83. The van der Waals surface area contributed by atoms with Crippen molar-refractivity contribution in [3.63, 3.8) is 0 Å². The van der Waals surface area contributed by atoms with E-state index >= 15 is 0 Å². The van der Waals surface area contributed by atoms with E-state index < -0.39 is 11.6 Å². The number of halogens is 2. The number of H-pyrrole nitrogens is 1. The highest BCUT2D eigenvalue weighted by Crippen LogP contribution is 2.21. The number of aromatic amines is 1. The molecular weight excluding hydrogens is 172 g/mol. The average Bonchev–Trinajstić information content (AvgIpc) is 2.48. The van der Waals surface area contributed by atoms with Crippen molar-refractivity contribution in [2.75, 3.05) is 0 Å². The van der Waals surface area contributed by atoms with E-state index in [0.29, 0.717) is 5.52 Å². The fourth-order valence-electron chi connectivity index (χ4n) is 1.47. The number of hydrogen-bond donors (Lipinski definition) is 1. The Kier molecular flexibility index (Phi) is 1.79. The van der Waals surface area contributed by atoms with Gasteiger partial charge in [-0.25, -0.2) is 8.78 Å². The summed E-state index contributed by atoms with van der Waals surface area (Å²) in [5, 5.41) is 0.765. The highest BCUT2D eigenvalue weighted by atomic mass is 19.2. The molecule has 2 aromatic rings. The zero-order valence-electron chi connectivity index (χ0n) is 7.20. The number of rotatable bonds is 1. The maximum absolute atomic E-state index is 12.9. The third-order valence-corrected chi connectivity index (χ3v) is 2.19. The number of aromatic nitrogens is 1. The summed E-state index contributed by atoms with van der Waals surface area (Å²) in [7, 11) is 0. The van der Waals surface area contributed by atoms with Gasteiger partial charge in [-0.2, -0.15) is 0 Å². The average molecular weight is 181 g/mol. The third kappa shape index (κ3) is 1.20. The minimum atomic E-state index is -0.808. The Balaban J connectivity index is 2.77. The molecule has 0 saturated carbocycles. The van der Waals surface area contributed by atoms with Gasteiger partial charge >= 0.3 is 0 Å². The van der Waals surface area contributed by atoms with Crippen LogP contribution < -0.4 is 0 Å². The van der Waals surface area contributed by atoms with Crippen molar-refractivity contribution in [2.24, 2.45) is 0 Å². The topological polar surface area (TPSA) is 15.8 Å². The van der Waals surface area contributed by atoms with Crippen LogP contribution in [0.3, 0.4) is 0 Å². The quantitative estimate of drug-likeness (QED) is 0.696. The number of benzene rings is 1. The molecule has 0 bridgehead atoms. The molecular formula is C10H9F2N. The first-order chi connectivity index (χ1) is 6.22. The van der Waals surface area contributed by atoms with E-state index in [1.807, 2.05) is 6.92 Å². The summed E-state index contributed by atoms with van der Waals surface area (Å²) in [5.41, 5.74) is 1.66. The molecule has 1 nitrogen and oxygen atoms in total. The molecule has 1 N–H and O–H groups in total. The van der Waals surface area contributed by atoms with Gasteiger partial charge in [-0.1, -0.05) is 6.92 Å². The number of hydrogen-bond acceptors (Lipinski definition) is 0. The predicted octanol–water partition coefficient (Wildman–Crippen LogP) is 3.01. The summed E-state index contributed by atoms with van der Waals surface area (Å²) >= 11 is 0. The highest BCUT2D eigenvalue weighted by Gasteiger charge is 2.07. The van der Waals surface area contributed by atoms with Crippen molar-refractivity contribution >= 4 is 10.9 Å². The lowest BCUT2D eigenvalue weighted by atomic mass is 10.1. The van der Waals surface area contributed by atoms with Gasteiger partial charge < -0.3 is 4.98 Å². The molecule has 0 unspecified atom stereocenters. The van der Waals surface area contributed by atoms with Crippen LogP contribution in [-0.2, 0) is 6.42 Å². The van der Waals surface area contributed by atoms with Crippen LogP contribution >= 0.6 is 0 Å². The van der Waals surface area contributed by atoms with E-state index in [1.54, 1.807) is 6.20 Å². The standard InChI is InChI=1S/C10H9F2N/c1-2-6-5-13-10-4-9(12)8(11)3-7(6)10/h3-5,13H,2H2,1H3. The molecule has 68 valence electrons. The smallest absolute Gasteiger partial charge is 0.160 e. The fourth-order valence-corrected chi connectivity index (χ4v) is 1.47. The van der Waals surface area contributed by atoms with Crippen LogP contribution in [0.2, 0.25) is 0 Å².